The fourth-order valence-corrected chi connectivity index (χ4v) is 2.44. The molecule has 2 heterocycles. The van der Waals surface area contributed by atoms with E-state index in [-0.39, 0.29) is 23.8 Å². The second kappa shape index (κ2) is 5.43. The molecule has 0 spiro atoms. The summed E-state index contributed by atoms with van der Waals surface area (Å²) < 4.78 is 38.1. The summed E-state index contributed by atoms with van der Waals surface area (Å²) in [5.41, 5.74) is 7.25. The lowest BCUT2D eigenvalue weighted by Gasteiger charge is -2.39. The molecule has 0 saturated carbocycles. The zero-order chi connectivity index (χ0) is 14.9. The van der Waals surface area contributed by atoms with Gasteiger partial charge in [-0.1, -0.05) is 6.42 Å². The van der Waals surface area contributed by atoms with Crippen molar-refractivity contribution in [2.45, 2.75) is 51.4 Å². The van der Waals surface area contributed by atoms with E-state index in [1.807, 2.05) is 18.9 Å². The molecule has 2 atom stereocenters. The van der Waals surface area contributed by atoms with Gasteiger partial charge in [-0.05, 0) is 26.7 Å². The predicted octanol–water partition coefficient (Wildman–Crippen LogP) is 2.67. The first kappa shape index (κ1) is 14.8. The van der Waals surface area contributed by atoms with E-state index in [0.717, 1.165) is 25.3 Å². The van der Waals surface area contributed by atoms with E-state index in [1.165, 1.54) is 0 Å². The van der Waals surface area contributed by atoms with Gasteiger partial charge in [0.25, 0.3) is 0 Å². The summed E-state index contributed by atoms with van der Waals surface area (Å²) in [7, 11) is 0. The molecule has 112 valence electrons. The normalized spacial score (nSPS) is 24.6. The maximum atomic E-state index is 12.7. The molecule has 0 amide bonds. The van der Waals surface area contributed by atoms with Crippen molar-refractivity contribution < 1.29 is 13.2 Å². The number of nitrogens with zero attached hydrogens (tertiary/aromatic N) is 3. The van der Waals surface area contributed by atoms with Crippen LogP contribution in [0.25, 0.3) is 0 Å². The number of rotatable bonds is 2. The quantitative estimate of drug-likeness (QED) is 0.876. The standard InChI is InChI=1S/C12H18F3N5/c1-7-4-3-5-8(2)20(7)19-10-6-9(12(13,14)15)17-11(16)18-10/h6-8H,3-5H2,1-2H3,(H3,16,17,18,19). The van der Waals surface area contributed by atoms with Crippen LogP contribution in [0.2, 0.25) is 0 Å². The van der Waals surface area contributed by atoms with E-state index >= 15 is 0 Å². The molecular formula is C12H18F3N5. The van der Waals surface area contributed by atoms with E-state index in [1.54, 1.807) is 0 Å². The SMILES string of the molecule is CC1CCCC(C)N1Nc1cc(C(F)(F)F)nc(N)n1. The molecule has 8 heteroatoms. The van der Waals surface area contributed by atoms with Crippen LogP contribution in [0.1, 0.15) is 38.8 Å². The number of piperidine rings is 1. The maximum absolute atomic E-state index is 12.7. The van der Waals surface area contributed by atoms with Crippen LogP contribution in [0, 0.1) is 0 Å². The summed E-state index contributed by atoms with van der Waals surface area (Å²) >= 11 is 0. The lowest BCUT2D eigenvalue weighted by Crippen LogP contribution is -2.47. The maximum Gasteiger partial charge on any atom is 0.433 e. The van der Waals surface area contributed by atoms with Crippen molar-refractivity contribution in [3.63, 3.8) is 0 Å². The molecule has 5 nitrogen and oxygen atoms in total. The van der Waals surface area contributed by atoms with E-state index in [4.69, 9.17) is 5.73 Å². The number of hydrogen-bond donors (Lipinski definition) is 2. The number of hydrogen-bond acceptors (Lipinski definition) is 5. The Hall–Kier alpha value is -1.57. The van der Waals surface area contributed by atoms with Gasteiger partial charge in [0.2, 0.25) is 5.95 Å². The van der Waals surface area contributed by atoms with Crippen LogP contribution < -0.4 is 11.2 Å². The lowest BCUT2D eigenvalue weighted by atomic mass is 10.00. The molecule has 0 aromatic carbocycles. The minimum absolute atomic E-state index is 0.0745. The van der Waals surface area contributed by atoms with Gasteiger partial charge in [0.1, 0.15) is 5.82 Å². The fraction of sp³-hybridized carbons (Fsp3) is 0.667. The summed E-state index contributed by atoms with van der Waals surface area (Å²) in [6.45, 7) is 4.05. The summed E-state index contributed by atoms with van der Waals surface area (Å²) in [6.07, 6.45) is -1.44. The third-order valence-corrected chi connectivity index (χ3v) is 3.47. The molecule has 1 saturated heterocycles. The number of nitrogens with two attached hydrogens (primary N) is 1. The number of hydrazine groups is 1. The van der Waals surface area contributed by atoms with Crippen molar-refractivity contribution in [2.24, 2.45) is 0 Å². The summed E-state index contributed by atoms with van der Waals surface area (Å²) in [4.78, 5) is 7.04. The molecule has 20 heavy (non-hydrogen) atoms. The van der Waals surface area contributed by atoms with Crippen molar-refractivity contribution in [3.8, 4) is 0 Å². The van der Waals surface area contributed by atoms with Crippen molar-refractivity contribution in [2.75, 3.05) is 11.2 Å². The highest BCUT2D eigenvalue weighted by Gasteiger charge is 2.34. The molecule has 1 aromatic heterocycles. The molecule has 2 rings (SSSR count). The Kier molecular flexibility index (Phi) is 4.03. The topological polar surface area (TPSA) is 67.1 Å². The van der Waals surface area contributed by atoms with Gasteiger partial charge in [-0.25, -0.2) is 9.99 Å². The van der Waals surface area contributed by atoms with Crippen LogP contribution in [0.3, 0.4) is 0 Å². The van der Waals surface area contributed by atoms with E-state index in [2.05, 4.69) is 15.4 Å². The minimum Gasteiger partial charge on any atom is -0.368 e. The predicted molar refractivity (Wildman–Crippen MR) is 69.7 cm³/mol. The highest BCUT2D eigenvalue weighted by molar-refractivity contribution is 5.40. The van der Waals surface area contributed by atoms with Crippen LogP contribution in [0.4, 0.5) is 24.9 Å². The molecule has 1 aromatic rings. The highest BCUT2D eigenvalue weighted by atomic mass is 19.4. The van der Waals surface area contributed by atoms with E-state index in [0.29, 0.717) is 0 Å². The molecule has 1 aliphatic rings. The van der Waals surface area contributed by atoms with Gasteiger partial charge >= 0.3 is 6.18 Å². The molecule has 2 unspecified atom stereocenters. The smallest absolute Gasteiger partial charge is 0.368 e. The van der Waals surface area contributed by atoms with Crippen LogP contribution in [-0.2, 0) is 6.18 Å². The first-order valence-corrected chi connectivity index (χ1v) is 6.54. The molecule has 0 bridgehead atoms. The number of nitrogen functional groups attached to an aromatic ring is 1. The van der Waals surface area contributed by atoms with Crippen molar-refractivity contribution in [1.82, 2.24) is 15.0 Å². The van der Waals surface area contributed by atoms with Crippen LogP contribution in [0.5, 0.6) is 0 Å². The molecule has 1 aliphatic heterocycles. The molecule has 0 aliphatic carbocycles. The zero-order valence-corrected chi connectivity index (χ0v) is 11.4. The first-order valence-electron chi connectivity index (χ1n) is 6.54. The monoisotopic (exact) mass is 289 g/mol. The number of aromatic nitrogens is 2. The Balaban J connectivity index is 2.22. The van der Waals surface area contributed by atoms with Crippen LogP contribution >= 0.6 is 0 Å². The average molecular weight is 289 g/mol. The van der Waals surface area contributed by atoms with Gasteiger partial charge < -0.3 is 11.2 Å². The number of nitrogens with one attached hydrogen (secondary N) is 1. The summed E-state index contributed by atoms with van der Waals surface area (Å²) in [6, 6.07) is 1.33. The first-order chi connectivity index (χ1) is 9.27. The lowest BCUT2D eigenvalue weighted by molar-refractivity contribution is -0.141. The third kappa shape index (κ3) is 3.30. The largest absolute Gasteiger partial charge is 0.433 e. The van der Waals surface area contributed by atoms with Gasteiger partial charge in [-0.3, -0.25) is 0 Å². The number of anilines is 2. The second-order valence-corrected chi connectivity index (χ2v) is 5.14. The van der Waals surface area contributed by atoms with E-state index < -0.39 is 11.9 Å². The molecule has 0 radical (unpaired) electrons. The average Bonchev–Trinajstić information content (AvgIpc) is 2.32. The Labute approximate surface area is 115 Å². The van der Waals surface area contributed by atoms with Gasteiger partial charge in [0.05, 0.1) is 0 Å². The zero-order valence-electron chi connectivity index (χ0n) is 11.4. The minimum atomic E-state index is -4.54. The van der Waals surface area contributed by atoms with Gasteiger partial charge in [0, 0.05) is 18.2 Å². The summed E-state index contributed by atoms with van der Waals surface area (Å²) in [5, 5.41) is 1.92. The Morgan fingerprint density at radius 1 is 1.25 bits per heavy atom. The van der Waals surface area contributed by atoms with Crippen LogP contribution in [0.15, 0.2) is 6.07 Å². The number of halogens is 3. The summed E-state index contributed by atoms with van der Waals surface area (Å²) in [5.74, 6) is -0.315. The van der Waals surface area contributed by atoms with Gasteiger partial charge in [-0.2, -0.15) is 18.2 Å². The fourth-order valence-electron chi connectivity index (χ4n) is 2.44. The second-order valence-electron chi connectivity index (χ2n) is 5.14. The number of alkyl halides is 3. The van der Waals surface area contributed by atoms with E-state index in [9.17, 15) is 13.2 Å². The Morgan fingerprint density at radius 3 is 2.40 bits per heavy atom. The van der Waals surface area contributed by atoms with Gasteiger partial charge in [-0.15, -0.1) is 0 Å². The third-order valence-electron chi connectivity index (χ3n) is 3.47. The Morgan fingerprint density at radius 2 is 1.85 bits per heavy atom. The molecule has 1 fully saturated rings. The van der Waals surface area contributed by atoms with Gasteiger partial charge in [0.15, 0.2) is 5.69 Å². The molecule has 3 N–H and O–H groups in total. The van der Waals surface area contributed by atoms with Crippen molar-refractivity contribution in [3.05, 3.63) is 11.8 Å². The molecular weight excluding hydrogens is 271 g/mol. The highest BCUT2D eigenvalue weighted by Crippen LogP contribution is 2.30. The van der Waals surface area contributed by atoms with Crippen LogP contribution in [-0.4, -0.2) is 27.1 Å². The Bertz CT molecular complexity index is 467. The van der Waals surface area contributed by atoms with Crippen molar-refractivity contribution in [1.29, 1.82) is 0 Å². The van der Waals surface area contributed by atoms with Crippen molar-refractivity contribution >= 4 is 11.8 Å².